The van der Waals surface area contributed by atoms with Gasteiger partial charge in [0.05, 0.1) is 98.3 Å². The fraction of sp³-hybridized carbons (Fsp3) is 0.438. The third-order valence-electron chi connectivity index (χ3n) is 16.2. The Morgan fingerprint density at radius 3 is 1.43 bits per heavy atom. The topological polar surface area (TPSA) is 244 Å². The smallest absolute Gasteiger partial charge is 0.444 e. The second-order valence-corrected chi connectivity index (χ2v) is 28.0. The minimum Gasteiger partial charge on any atom is -0.444 e. The van der Waals surface area contributed by atoms with E-state index in [0.717, 1.165) is 39.2 Å². The van der Waals surface area contributed by atoms with Gasteiger partial charge < -0.3 is 28.6 Å². The molecule has 24 nitrogen and oxygen atoms in total. The molecule has 92 heavy (non-hydrogen) atoms. The van der Waals surface area contributed by atoms with Gasteiger partial charge in [0.25, 0.3) is 0 Å². The van der Waals surface area contributed by atoms with Gasteiger partial charge in [-0.2, -0.15) is 10.2 Å². The third kappa shape index (κ3) is 14.4. The van der Waals surface area contributed by atoms with Crippen LogP contribution in [0, 0.1) is 0 Å². The van der Waals surface area contributed by atoms with Crippen LogP contribution in [-0.2, 0) is 47.0 Å². The SMILES string of the molecule is CC(Cl)Cl.Cn1c(=O)n([C@H]2CCN(C(=O)OC(C)(C)C)C2)c2c3nc(Cl)ccc3ncc21.Cn1cc(-c2ccc(-c3ccc4ncc5c(c4n3)n([C@H]3CCN(C(=O)OC(C)(C)C)C3)c(=O)n5C)cn2)cn1.Cn1cc(-c2ccc(B3OC(C)(C)C(C)(C)O3)cn2)cn1. The molecule has 13 heterocycles. The number of aryl methyl sites for hydroxylation is 4. The number of halogens is 3. The van der Waals surface area contributed by atoms with Gasteiger partial charge in [0, 0.05) is 101 Å². The zero-order chi connectivity index (χ0) is 66.5. The molecule has 0 aliphatic carbocycles. The van der Waals surface area contributed by atoms with E-state index in [-0.39, 0.29) is 58.8 Å². The first kappa shape index (κ1) is 66.7. The van der Waals surface area contributed by atoms with Crippen molar-refractivity contribution in [2.24, 2.45) is 28.2 Å². The summed E-state index contributed by atoms with van der Waals surface area (Å²) in [5.41, 5.74) is 9.37. The highest BCUT2D eigenvalue weighted by atomic mass is 35.5. The van der Waals surface area contributed by atoms with Gasteiger partial charge >= 0.3 is 30.7 Å². The van der Waals surface area contributed by atoms with E-state index in [1.807, 2.05) is 138 Å². The van der Waals surface area contributed by atoms with Crippen LogP contribution >= 0.6 is 34.8 Å². The summed E-state index contributed by atoms with van der Waals surface area (Å²) in [5.74, 6) is 0. The fourth-order valence-corrected chi connectivity index (χ4v) is 11.1. The van der Waals surface area contributed by atoms with Crippen LogP contribution in [-0.4, -0.2) is 150 Å². The molecule has 2 atom stereocenters. The number of ether oxygens (including phenoxy) is 2. The van der Waals surface area contributed by atoms with Crippen molar-refractivity contribution in [3.05, 3.63) is 124 Å². The van der Waals surface area contributed by atoms with Crippen molar-refractivity contribution in [1.29, 1.82) is 0 Å². The molecular weight excluding hydrogens is 1240 g/mol. The van der Waals surface area contributed by atoms with E-state index >= 15 is 0 Å². The Labute approximate surface area is 547 Å². The van der Waals surface area contributed by atoms with Crippen molar-refractivity contribution >= 4 is 104 Å². The van der Waals surface area contributed by atoms with Crippen molar-refractivity contribution in [3.8, 4) is 33.8 Å². The summed E-state index contributed by atoms with van der Waals surface area (Å²) in [5, 5.41) is 8.71. The maximum Gasteiger partial charge on any atom is 0.496 e. The lowest BCUT2D eigenvalue weighted by molar-refractivity contribution is 0.00578. The summed E-state index contributed by atoms with van der Waals surface area (Å²) in [7, 11) is 6.84. The molecule has 2 amide bonds. The lowest BCUT2D eigenvalue weighted by atomic mass is 9.80. The molecule has 3 aliphatic rings. The van der Waals surface area contributed by atoms with Crippen molar-refractivity contribution in [2.75, 3.05) is 26.2 Å². The van der Waals surface area contributed by atoms with Crippen LogP contribution in [0.4, 0.5) is 9.59 Å². The highest BCUT2D eigenvalue weighted by Gasteiger charge is 2.52. The second kappa shape index (κ2) is 26.0. The van der Waals surface area contributed by atoms with Gasteiger partial charge in [-0.1, -0.05) is 17.7 Å². The summed E-state index contributed by atoms with van der Waals surface area (Å²) >= 11 is 16.2. The number of likely N-dealkylation sites (tertiary alicyclic amines) is 2. The number of aromatic nitrogens is 14. The number of rotatable bonds is 6. The van der Waals surface area contributed by atoms with Crippen molar-refractivity contribution < 1.29 is 28.4 Å². The van der Waals surface area contributed by atoms with E-state index in [1.165, 1.54) is 0 Å². The van der Waals surface area contributed by atoms with Crippen LogP contribution in [0.2, 0.25) is 5.15 Å². The lowest BCUT2D eigenvalue weighted by Crippen LogP contribution is -2.41. The number of nitrogens with zero attached hydrogens (tertiary/aromatic N) is 16. The Bertz CT molecular complexity index is 4470. The van der Waals surface area contributed by atoms with E-state index in [2.05, 4.69) is 35.1 Å². The zero-order valence-corrected chi connectivity index (χ0v) is 56.6. The average Bonchev–Trinajstić information content (AvgIpc) is 1.58. The van der Waals surface area contributed by atoms with Gasteiger partial charge in [0.15, 0.2) is 0 Å². The molecule has 0 aromatic carbocycles. The predicted octanol–water partition coefficient (Wildman–Crippen LogP) is 10.6. The summed E-state index contributed by atoms with van der Waals surface area (Å²) in [6.45, 7) is 22.8. The number of hydrogen-bond acceptors (Lipinski definition) is 16. The number of amides is 2. The number of carbonyl (C=O) groups is 2. The average molecular weight is 1310 g/mol. The molecule has 3 aliphatic heterocycles. The van der Waals surface area contributed by atoms with Crippen LogP contribution in [0.1, 0.15) is 101 Å². The van der Waals surface area contributed by atoms with Crippen LogP contribution in [0.25, 0.3) is 77.9 Å². The number of hydrogen-bond donors (Lipinski definition) is 0. The van der Waals surface area contributed by atoms with E-state index in [4.69, 9.17) is 58.6 Å². The Morgan fingerprint density at radius 1 is 0.587 bits per heavy atom. The van der Waals surface area contributed by atoms with E-state index in [1.54, 1.807) is 102 Å². The van der Waals surface area contributed by atoms with Crippen molar-refractivity contribution in [1.82, 2.24) is 77.5 Å². The molecule has 3 fully saturated rings. The quantitative estimate of drug-likeness (QED) is 0.0853. The summed E-state index contributed by atoms with van der Waals surface area (Å²) < 4.78 is 33.2. The first-order valence-corrected chi connectivity index (χ1v) is 31.4. The predicted molar refractivity (Wildman–Crippen MR) is 357 cm³/mol. The molecule has 0 bridgehead atoms. The van der Waals surface area contributed by atoms with E-state index in [9.17, 15) is 19.2 Å². The molecule has 0 radical (unpaired) electrons. The maximum absolute atomic E-state index is 13.5. The molecule has 10 aromatic heterocycles. The zero-order valence-electron chi connectivity index (χ0n) is 54.3. The highest BCUT2D eigenvalue weighted by Crippen LogP contribution is 2.37. The number of fused-ring (bicyclic) bond motifs is 6. The van der Waals surface area contributed by atoms with Gasteiger partial charge in [-0.25, -0.2) is 29.1 Å². The summed E-state index contributed by atoms with van der Waals surface area (Å²) in [6, 6.07) is 14.8. The van der Waals surface area contributed by atoms with E-state index < -0.39 is 11.2 Å². The molecule has 0 spiro atoms. The molecule has 0 saturated carbocycles. The van der Waals surface area contributed by atoms with Crippen LogP contribution < -0.4 is 16.8 Å². The van der Waals surface area contributed by atoms with Crippen molar-refractivity contribution in [2.45, 2.75) is 128 Å². The first-order chi connectivity index (χ1) is 43.3. The van der Waals surface area contributed by atoms with E-state index in [0.29, 0.717) is 88.3 Å². The maximum atomic E-state index is 13.5. The summed E-state index contributed by atoms with van der Waals surface area (Å²) in [4.78, 5) is 82.2. The van der Waals surface area contributed by atoms with Crippen LogP contribution in [0.5, 0.6) is 0 Å². The lowest BCUT2D eigenvalue weighted by Gasteiger charge is -2.32. The Balaban J connectivity index is 0.000000154. The molecule has 10 aromatic rings. The standard InChI is InChI=1S/C28H30N8O3.C19H22ClN5O3.C15H20BN3O2.C2H4Cl2/c1-28(2,3)39-27(38)35-11-10-19(16-35)36-25-23(34(5)26(36)37)14-30-22-9-8-21(32-24(22)25)17-6-7-20(29-12-17)18-13-31-33(4)15-18;1-19(2,3)28-18(27)24-8-7-11(10-24)25-16-13(23(4)17(25)26)9-21-12-5-6-14(20)22-15(12)16;1-14(2)15(3,4)21-16(20-14)12-6-7-13(17-9-12)11-8-18-19(5)10-11;1-2(3)4/h6-9,12-15,19H,10-11,16H2,1-5H3;5-6,9,11H,7-8,10H2,1-4H3;6-10H,1-5H3;2H,1H3/t19-;11-;;/m00../s1. The monoisotopic (exact) mass is 1310 g/mol. The number of imidazole rings is 2. The highest BCUT2D eigenvalue weighted by molar-refractivity contribution is 6.62. The molecule has 3 saturated heterocycles. The van der Waals surface area contributed by atoms with Crippen LogP contribution in [0.3, 0.4) is 0 Å². The summed E-state index contributed by atoms with van der Waals surface area (Å²) in [6.07, 6.45) is 15.0. The van der Waals surface area contributed by atoms with Crippen LogP contribution in [0.15, 0.2) is 108 Å². The molecule has 484 valence electrons. The Kier molecular flexibility index (Phi) is 18.9. The minimum absolute atomic E-state index is 0.162. The number of alkyl halides is 2. The van der Waals surface area contributed by atoms with Gasteiger partial charge in [-0.05, 0) is 131 Å². The molecule has 28 heteroatoms. The normalized spacial score (nSPS) is 17.1. The number of carbonyl (C=O) groups excluding carboxylic acids is 2. The Morgan fingerprint density at radius 2 is 1.02 bits per heavy atom. The largest absolute Gasteiger partial charge is 0.496 e. The minimum atomic E-state index is -0.585. The third-order valence-corrected chi connectivity index (χ3v) is 16.4. The van der Waals surface area contributed by atoms with Gasteiger partial charge in [-0.15, -0.1) is 23.2 Å². The molecule has 13 rings (SSSR count). The van der Waals surface area contributed by atoms with Gasteiger partial charge in [0.2, 0.25) is 0 Å². The number of pyridine rings is 6. The molecule has 0 unspecified atom stereocenters. The molecule has 0 N–H and O–H groups in total. The van der Waals surface area contributed by atoms with Gasteiger partial charge in [-0.3, -0.25) is 47.6 Å². The Hall–Kier alpha value is -8.23. The fourth-order valence-electron chi connectivity index (χ4n) is 11.0. The van der Waals surface area contributed by atoms with Gasteiger partial charge in [0.1, 0.15) is 32.2 Å². The second-order valence-electron chi connectivity index (χ2n) is 26.0. The first-order valence-electron chi connectivity index (χ1n) is 30.1. The van der Waals surface area contributed by atoms with Crippen molar-refractivity contribution in [3.63, 3.8) is 0 Å². The molecular formula is C64H76BCl3N16O8.